The SMILES string of the molecule is CCCCCCCCCCCC(=O)N[C@@H](C=CP(=O)(O)O)Cc1ccc(OCc2cc(OCC(F)(F)F)ccn2)cc1. The highest BCUT2D eigenvalue weighted by Gasteiger charge is 2.28. The summed E-state index contributed by atoms with van der Waals surface area (Å²) in [5.41, 5.74) is 1.18. The van der Waals surface area contributed by atoms with Crippen LogP contribution in [0.3, 0.4) is 0 Å². The number of nitrogens with zero attached hydrogens (tertiary/aromatic N) is 1. The standard InChI is InChI=1S/C30H42F3N2O6P/c1-2-3-4-5-6-7-8-9-10-11-29(36)35-25(17-19-42(37,38)39)20-24-12-14-27(15-13-24)40-22-26-21-28(16-18-34-26)41-23-30(31,32)33/h12-19,21,25H,2-11,20,22-23H2,1H3,(H,35,36)(H2,37,38,39)/t25-/m0/s1. The van der Waals surface area contributed by atoms with E-state index in [2.05, 4.69) is 17.2 Å². The van der Waals surface area contributed by atoms with Crippen LogP contribution < -0.4 is 14.8 Å². The van der Waals surface area contributed by atoms with Gasteiger partial charge in [-0.1, -0.05) is 76.5 Å². The molecule has 234 valence electrons. The number of pyridine rings is 1. The predicted octanol–water partition coefficient (Wildman–Crippen LogP) is 7.24. The van der Waals surface area contributed by atoms with Gasteiger partial charge in [0, 0.05) is 24.5 Å². The first-order valence-corrected chi connectivity index (χ1v) is 16.0. The van der Waals surface area contributed by atoms with Crippen molar-refractivity contribution in [3.8, 4) is 11.5 Å². The molecule has 42 heavy (non-hydrogen) atoms. The lowest BCUT2D eigenvalue weighted by atomic mass is 10.0. The number of ether oxygens (including phenoxy) is 2. The maximum atomic E-state index is 12.5. The molecule has 0 aliphatic rings. The van der Waals surface area contributed by atoms with Gasteiger partial charge in [-0.3, -0.25) is 14.3 Å². The van der Waals surface area contributed by atoms with E-state index in [1.165, 1.54) is 56.5 Å². The van der Waals surface area contributed by atoms with Crippen LogP contribution in [0.4, 0.5) is 13.2 Å². The molecule has 0 aliphatic carbocycles. The molecule has 2 aromatic rings. The lowest BCUT2D eigenvalue weighted by Gasteiger charge is -2.16. The zero-order valence-corrected chi connectivity index (χ0v) is 24.9. The average molecular weight is 615 g/mol. The Morgan fingerprint density at radius 3 is 2.24 bits per heavy atom. The van der Waals surface area contributed by atoms with E-state index in [-0.39, 0.29) is 18.3 Å². The van der Waals surface area contributed by atoms with E-state index < -0.39 is 26.4 Å². The number of carbonyl (C=O) groups excluding carboxylic acids is 1. The zero-order valence-electron chi connectivity index (χ0n) is 24.0. The number of aromatic nitrogens is 1. The molecule has 0 unspecified atom stereocenters. The molecule has 0 saturated carbocycles. The predicted molar refractivity (Wildman–Crippen MR) is 155 cm³/mol. The largest absolute Gasteiger partial charge is 0.487 e. The number of benzene rings is 1. The number of hydrogen-bond acceptors (Lipinski definition) is 5. The maximum absolute atomic E-state index is 12.5. The normalized spacial score (nSPS) is 12.8. The van der Waals surface area contributed by atoms with Crippen molar-refractivity contribution >= 4 is 13.5 Å². The van der Waals surface area contributed by atoms with Crippen molar-refractivity contribution < 1.29 is 41.8 Å². The number of unbranched alkanes of at least 4 members (excludes halogenated alkanes) is 8. The van der Waals surface area contributed by atoms with Crippen molar-refractivity contribution in [2.75, 3.05) is 6.61 Å². The van der Waals surface area contributed by atoms with Crippen molar-refractivity contribution in [1.82, 2.24) is 10.3 Å². The van der Waals surface area contributed by atoms with Gasteiger partial charge in [-0.15, -0.1) is 0 Å². The molecule has 0 bridgehead atoms. The number of nitrogens with one attached hydrogen (secondary N) is 1. The number of rotatable bonds is 20. The fourth-order valence-corrected chi connectivity index (χ4v) is 4.61. The first-order valence-electron chi connectivity index (χ1n) is 14.3. The Morgan fingerprint density at radius 1 is 0.976 bits per heavy atom. The topological polar surface area (TPSA) is 118 Å². The number of hydrogen-bond donors (Lipinski definition) is 3. The third-order valence-corrected chi connectivity index (χ3v) is 6.88. The van der Waals surface area contributed by atoms with Crippen LogP contribution in [-0.2, 0) is 22.4 Å². The van der Waals surface area contributed by atoms with Crippen LogP contribution in [0.25, 0.3) is 0 Å². The minimum atomic E-state index is -4.44. The van der Waals surface area contributed by atoms with E-state index >= 15 is 0 Å². The van der Waals surface area contributed by atoms with Crippen molar-refractivity contribution in [1.29, 1.82) is 0 Å². The molecule has 0 saturated heterocycles. The van der Waals surface area contributed by atoms with Gasteiger partial charge in [0.05, 0.1) is 11.7 Å². The van der Waals surface area contributed by atoms with Crippen molar-refractivity contribution in [2.24, 2.45) is 0 Å². The Kier molecular flexibility index (Phi) is 15.7. The molecule has 8 nitrogen and oxygen atoms in total. The van der Waals surface area contributed by atoms with E-state index in [0.29, 0.717) is 24.3 Å². The number of carbonyl (C=O) groups is 1. The molecule has 0 fully saturated rings. The van der Waals surface area contributed by atoms with E-state index in [1.54, 1.807) is 24.3 Å². The summed E-state index contributed by atoms with van der Waals surface area (Å²) in [7, 11) is -4.40. The Balaban J connectivity index is 1.84. The van der Waals surface area contributed by atoms with Crippen molar-refractivity contribution in [3.63, 3.8) is 0 Å². The van der Waals surface area contributed by atoms with Gasteiger partial charge in [0.25, 0.3) is 0 Å². The quantitative estimate of drug-likeness (QED) is 0.106. The second-order valence-corrected chi connectivity index (χ2v) is 11.7. The van der Waals surface area contributed by atoms with Crippen LogP contribution in [0.15, 0.2) is 54.5 Å². The summed E-state index contributed by atoms with van der Waals surface area (Å²) >= 11 is 0. The van der Waals surface area contributed by atoms with Crippen molar-refractivity contribution in [3.05, 3.63) is 65.7 Å². The molecule has 1 heterocycles. The summed E-state index contributed by atoms with van der Waals surface area (Å²) in [4.78, 5) is 35.1. The van der Waals surface area contributed by atoms with Crippen LogP contribution >= 0.6 is 7.60 Å². The highest BCUT2D eigenvalue weighted by atomic mass is 31.2. The molecule has 1 atom stereocenters. The molecule has 0 spiro atoms. The molecule has 0 aliphatic heterocycles. The highest BCUT2D eigenvalue weighted by Crippen LogP contribution is 2.36. The van der Waals surface area contributed by atoms with Gasteiger partial charge in [0.1, 0.15) is 18.1 Å². The Bertz CT molecular complexity index is 1140. The van der Waals surface area contributed by atoms with E-state index in [4.69, 9.17) is 9.47 Å². The number of alkyl halides is 3. The fourth-order valence-electron chi connectivity index (χ4n) is 4.18. The molecule has 0 radical (unpaired) electrons. The summed E-state index contributed by atoms with van der Waals surface area (Å²) in [6.07, 6.45) is 9.09. The Hall–Kier alpha value is -2.88. The minimum Gasteiger partial charge on any atom is -0.487 e. The molecule has 2 rings (SSSR count). The fraction of sp³-hybridized carbons (Fsp3) is 0.533. The van der Waals surface area contributed by atoms with Gasteiger partial charge in [-0.05, 0) is 36.6 Å². The van der Waals surface area contributed by atoms with E-state index in [1.807, 2.05) is 0 Å². The second kappa shape index (κ2) is 18.6. The van der Waals surface area contributed by atoms with Crippen LogP contribution in [0.1, 0.15) is 82.4 Å². The summed E-state index contributed by atoms with van der Waals surface area (Å²) in [6.45, 7) is 0.799. The van der Waals surface area contributed by atoms with Gasteiger partial charge >= 0.3 is 13.8 Å². The molecular formula is C30H42F3N2O6P. The highest BCUT2D eigenvalue weighted by molar-refractivity contribution is 7.55. The van der Waals surface area contributed by atoms with Gasteiger partial charge < -0.3 is 24.6 Å². The van der Waals surface area contributed by atoms with Crippen LogP contribution in [0.2, 0.25) is 0 Å². The minimum absolute atomic E-state index is 0.00509. The molecule has 1 aromatic heterocycles. The maximum Gasteiger partial charge on any atom is 0.422 e. The van der Waals surface area contributed by atoms with Crippen molar-refractivity contribution in [2.45, 2.75) is 96.4 Å². The molecule has 3 N–H and O–H groups in total. The first-order chi connectivity index (χ1) is 19.9. The molecule has 1 aromatic carbocycles. The third kappa shape index (κ3) is 17.2. The smallest absolute Gasteiger partial charge is 0.422 e. The monoisotopic (exact) mass is 614 g/mol. The Labute approximate surface area is 245 Å². The molecule has 12 heteroatoms. The molecular weight excluding hydrogens is 572 g/mol. The van der Waals surface area contributed by atoms with Gasteiger partial charge in [0.2, 0.25) is 5.91 Å². The lowest BCUT2D eigenvalue weighted by molar-refractivity contribution is -0.153. The van der Waals surface area contributed by atoms with Gasteiger partial charge in [-0.25, -0.2) is 0 Å². The van der Waals surface area contributed by atoms with Gasteiger partial charge in [-0.2, -0.15) is 13.2 Å². The first kappa shape index (κ1) is 35.3. The Morgan fingerprint density at radius 2 is 1.62 bits per heavy atom. The summed E-state index contributed by atoms with van der Waals surface area (Å²) in [5.74, 6) is 1.14. The second-order valence-electron chi connectivity index (χ2n) is 10.2. The van der Waals surface area contributed by atoms with Crippen LogP contribution in [0.5, 0.6) is 11.5 Å². The number of amides is 1. The lowest BCUT2D eigenvalue weighted by Crippen LogP contribution is -2.34. The average Bonchev–Trinajstić information content (AvgIpc) is 2.93. The van der Waals surface area contributed by atoms with Gasteiger partial charge in [0.15, 0.2) is 6.61 Å². The molecule has 1 amide bonds. The summed E-state index contributed by atoms with van der Waals surface area (Å²) in [5, 5.41) is 2.86. The third-order valence-electron chi connectivity index (χ3n) is 6.32. The van der Waals surface area contributed by atoms with Crippen LogP contribution in [-0.4, -0.2) is 39.5 Å². The van der Waals surface area contributed by atoms with Crippen LogP contribution in [0, 0.1) is 0 Å². The van der Waals surface area contributed by atoms with E-state index in [0.717, 1.165) is 37.1 Å². The summed E-state index contributed by atoms with van der Waals surface area (Å²) < 4.78 is 58.9. The zero-order chi connectivity index (χ0) is 30.8. The number of halogens is 3. The summed E-state index contributed by atoms with van der Waals surface area (Å²) in [6, 6.07) is 8.98. The van der Waals surface area contributed by atoms with E-state index in [9.17, 15) is 32.3 Å².